The molecule has 25 heavy (non-hydrogen) atoms. The molecule has 2 aliphatic rings. The molecule has 1 aromatic rings. The van der Waals surface area contributed by atoms with Gasteiger partial charge in [0, 0.05) is 31.2 Å². The van der Waals surface area contributed by atoms with Gasteiger partial charge in [0.2, 0.25) is 0 Å². The van der Waals surface area contributed by atoms with E-state index < -0.39 is 5.60 Å². The van der Waals surface area contributed by atoms with Gasteiger partial charge in [-0.2, -0.15) is 0 Å². The second-order valence-corrected chi connectivity index (χ2v) is 7.24. The van der Waals surface area contributed by atoms with E-state index >= 15 is 0 Å². The number of carbonyl (C=O) groups is 1. The van der Waals surface area contributed by atoms with Crippen molar-refractivity contribution in [3.05, 3.63) is 24.4 Å². The average Bonchev–Trinajstić information content (AvgIpc) is 2.86. The second-order valence-electron chi connectivity index (χ2n) is 7.24. The first-order valence-corrected chi connectivity index (χ1v) is 8.98. The van der Waals surface area contributed by atoms with E-state index in [4.69, 9.17) is 9.47 Å². The molecular weight excluding hydrogens is 320 g/mol. The fourth-order valence-electron chi connectivity index (χ4n) is 3.41. The Balaban J connectivity index is 1.56. The lowest BCUT2D eigenvalue weighted by Gasteiger charge is -2.31. The van der Waals surface area contributed by atoms with Gasteiger partial charge in [-0.05, 0) is 32.4 Å². The van der Waals surface area contributed by atoms with Crippen LogP contribution in [0.1, 0.15) is 20.3 Å². The van der Waals surface area contributed by atoms with Gasteiger partial charge < -0.3 is 25.0 Å². The number of amides is 2. The van der Waals surface area contributed by atoms with Crippen LogP contribution in [0.4, 0.5) is 10.6 Å². The van der Waals surface area contributed by atoms with Crippen LogP contribution in [0.3, 0.4) is 0 Å². The molecule has 7 heteroatoms. The zero-order valence-corrected chi connectivity index (χ0v) is 15.0. The van der Waals surface area contributed by atoms with Gasteiger partial charge in [-0.15, -0.1) is 0 Å². The van der Waals surface area contributed by atoms with Gasteiger partial charge in [-0.1, -0.05) is 6.07 Å². The van der Waals surface area contributed by atoms with Gasteiger partial charge in [0.15, 0.2) is 0 Å². The Morgan fingerprint density at radius 2 is 2.36 bits per heavy atom. The van der Waals surface area contributed by atoms with Crippen molar-refractivity contribution in [2.24, 2.45) is 5.92 Å². The smallest absolute Gasteiger partial charge is 0.317 e. The summed E-state index contributed by atoms with van der Waals surface area (Å²) in [6.07, 6.45) is 2.65. The fourth-order valence-corrected chi connectivity index (χ4v) is 3.41. The Bertz CT molecular complexity index is 569. The molecule has 2 fully saturated rings. The fraction of sp³-hybridized carbons (Fsp3) is 0.667. The topological polar surface area (TPSA) is 75.7 Å². The molecule has 1 aromatic heterocycles. The van der Waals surface area contributed by atoms with Gasteiger partial charge in [0.05, 0.1) is 26.4 Å². The lowest BCUT2D eigenvalue weighted by molar-refractivity contribution is -0.0530. The molecular formula is C18H28N4O3. The van der Waals surface area contributed by atoms with E-state index in [2.05, 4.69) is 15.6 Å². The van der Waals surface area contributed by atoms with Gasteiger partial charge in [-0.25, -0.2) is 9.78 Å². The summed E-state index contributed by atoms with van der Waals surface area (Å²) in [5.74, 6) is 1.25. The van der Waals surface area contributed by atoms with Crippen molar-refractivity contribution in [2.75, 3.05) is 44.8 Å². The van der Waals surface area contributed by atoms with Crippen LogP contribution in [0.25, 0.3) is 0 Å². The molecule has 2 aliphatic heterocycles. The van der Waals surface area contributed by atoms with Crippen molar-refractivity contribution in [3.8, 4) is 0 Å². The maximum Gasteiger partial charge on any atom is 0.317 e. The Morgan fingerprint density at radius 3 is 3.12 bits per heavy atom. The molecule has 0 unspecified atom stereocenters. The minimum absolute atomic E-state index is 0.0430. The number of aromatic nitrogens is 1. The first kappa shape index (κ1) is 17.9. The molecule has 3 heterocycles. The number of nitrogens with one attached hydrogen (secondary N) is 2. The summed E-state index contributed by atoms with van der Waals surface area (Å²) in [6.45, 7) is 7.67. The highest BCUT2D eigenvalue weighted by Crippen LogP contribution is 2.33. The Labute approximate surface area is 149 Å². The largest absolute Gasteiger partial charge is 0.377 e. The average molecular weight is 348 g/mol. The number of hydrogen-bond acceptors (Lipinski definition) is 5. The van der Waals surface area contributed by atoms with E-state index in [0.29, 0.717) is 38.8 Å². The number of rotatable bonds is 4. The summed E-state index contributed by atoms with van der Waals surface area (Å²) in [5.41, 5.74) is -0.402. The molecule has 1 spiro atoms. The summed E-state index contributed by atoms with van der Waals surface area (Å²) in [7, 11) is 0. The van der Waals surface area contributed by atoms with Crippen LogP contribution in [0, 0.1) is 5.92 Å². The molecule has 2 amide bonds. The maximum absolute atomic E-state index is 12.4. The second kappa shape index (κ2) is 8.01. The number of anilines is 1. The van der Waals surface area contributed by atoms with Crippen molar-refractivity contribution in [3.63, 3.8) is 0 Å². The van der Waals surface area contributed by atoms with Crippen LogP contribution in [-0.2, 0) is 9.47 Å². The highest BCUT2D eigenvalue weighted by atomic mass is 16.5. The van der Waals surface area contributed by atoms with Crippen molar-refractivity contribution >= 4 is 11.8 Å². The number of pyridine rings is 1. The standard InChI is InChI=1S/C18H28N4O3/c1-14(2)21-17(23)22-7-8-24-13-18(12-22)9-15(11-25-18)10-20-16-5-3-4-6-19-16/h3-6,14-15H,7-13H2,1-2H3,(H,19,20)(H,21,23)/t15-,18+/m1/s1. The predicted molar refractivity (Wildman–Crippen MR) is 95.6 cm³/mol. The van der Waals surface area contributed by atoms with E-state index in [1.807, 2.05) is 36.9 Å². The van der Waals surface area contributed by atoms with Crippen LogP contribution < -0.4 is 10.6 Å². The van der Waals surface area contributed by atoms with Crippen LogP contribution in [0.5, 0.6) is 0 Å². The molecule has 7 nitrogen and oxygen atoms in total. The normalized spacial score (nSPS) is 26.7. The van der Waals surface area contributed by atoms with Crippen molar-refractivity contribution in [2.45, 2.75) is 31.9 Å². The van der Waals surface area contributed by atoms with Crippen LogP contribution in [0.15, 0.2) is 24.4 Å². The third kappa shape index (κ3) is 4.83. The van der Waals surface area contributed by atoms with Crippen molar-refractivity contribution in [1.29, 1.82) is 0 Å². The summed E-state index contributed by atoms with van der Waals surface area (Å²) in [5, 5.41) is 6.32. The number of urea groups is 1. The summed E-state index contributed by atoms with van der Waals surface area (Å²) < 4.78 is 11.9. The molecule has 3 rings (SSSR count). The minimum Gasteiger partial charge on any atom is -0.377 e. The molecule has 0 aromatic carbocycles. The quantitative estimate of drug-likeness (QED) is 0.866. The van der Waals surface area contributed by atoms with Gasteiger partial charge in [-0.3, -0.25) is 0 Å². The SMILES string of the molecule is CC(C)NC(=O)N1CCOC[C@]2(C[C@H](CNc3ccccn3)CO2)C1. The Morgan fingerprint density at radius 1 is 1.48 bits per heavy atom. The van der Waals surface area contributed by atoms with Gasteiger partial charge in [0.1, 0.15) is 11.4 Å². The molecule has 0 bridgehead atoms. The molecule has 2 N–H and O–H groups in total. The van der Waals surface area contributed by atoms with E-state index in [9.17, 15) is 4.79 Å². The Hall–Kier alpha value is -1.86. The van der Waals surface area contributed by atoms with Crippen molar-refractivity contribution in [1.82, 2.24) is 15.2 Å². The monoisotopic (exact) mass is 348 g/mol. The predicted octanol–water partition coefficient (Wildman–Crippen LogP) is 1.72. The van der Waals surface area contributed by atoms with Crippen LogP contribution >= 0.6 is 0 Å². The summed E-state index contributed by atoms with van der Waals surface area (Å²) >= 11 is 0. The first-order chi connectivity index (χ1) is 12.1. The van der Waals surface area contributed by atoms with E-state index in [1.165, 1.54) is 0 Å². The van der Waals surface area contributed by atoms with Gasteiger partial charge >= 0.3 is 6.03 Å². The van der Waals surface area contributed by atoms with Gasteiger partial charge in [0.25, 0.3) is 0 Å². The summed E-state index contributed by atoms with van der Waals surface area (Å²) in [6, 6.07) is 5.90. The Kier molecular flexibility index (Phi) is 5.75. The molecule has 0 radical (unpaired) electrons. The van der Waals surface area contributed by atoms with Crippen LogP contribution in [-0.4, -0.2) is 67.0 Å². The minimum atomic E-state index is -0.402. The van der Waals surface area contributed by atoms with Crippen LogP contribution in [0.2, 0.25) is 0 Å². The zero-order chi connectivity index (χ0) is 17.7. The number of hydrogen-bond donors (Lipinski definition) is 2. The van der Waals surface area contributed by atoms with E-state index in [1.54, 1.807) is 6.20 Å². The number of carbonyl (C=O) groups excluding carboxylic acids is 1. The van der Waals surface area contributed by atoms with Crippen molar-refractivity contribution < 1.29 is 14.3 Å². The molecule has 0 saturated carbocycles. The molecule has 0 aliphatic carbocycles. The third-order valence-electron chi connectivity index (χ3n) is 4.57. The third-order valence-corrected chi connectivity index (χ3v) is 4.57. The highest BCUT2D eigenvalue weighted by Gasteiger charge is 2.44. The molecule has 2 atom stereocenters. The lowest BCUT2D eigenvalue weighted by atomic mass is 9.94. The van der Waals surface area contributed by atoms with E-state index in [-0.39, 0.29) is 12.1 Å². The number of nitrogens with zero attached hydrogens (tertiary/aromatic N) is 2. The van der Waals surface area contributed by atoms with E-state index in [0.717, 1.165) is 18.8 Å². The maximum atomic E-state index is 12.4. The summed E-state index contributed by atoms with van der Waals surface area (Å²) in [4.78, 5) is 18.5. The molecule has 2 saturated heterocycles. The molecule has 138 valence electrons. The number of ether oxygens (including phenoxy) is 2. The lowest BCUT2D eigenvalue weighted by Crippen LogP contribution is -2.50. The zero-order valence-electron chi connectivity index (χ0n) is 15.0. The first-order valence-electron chi connectivity index (χ1n) is 8.98. The highest BCUT2D eigenvalue weighted by molar-refractivity contribution is 5.74.